The Kier molecular flexibility index (Phi) is 3.71. The highest BCUT2D eigenvalue weighted by Crippen LogP contribution is 2.22. The van der Waals surface area contributed by atoms with Gasteiger partial charge in [-0.3, -0.25) is 4.90 Å². The van der Waals surface area contributed by atoms with E-state index in [1.165, 1.54) is 4.90 Å². The Bertz CT molecular complexity index is 576. The van der Waals surface area contributed by atoms with E-state index in [1.54, 1.807) is 10.7 Å². The van der Waals surface area contributed by atoms with Gasteiger partial charge in [0, 0.05) is 19.3 Å². The molecule has 8 heteroatoms. The summed E-state index contributed by atoms with van der Waals surface area (Å²) in [6.07, 6.45) is -1.56. The molecule has 0 amide bonds. The fourth-order valence-corrected chi connectivity index (χ4v) is 2.62. The zero-order valence-electron chi connectivity index (χ0n) is 11.3. The summed E-state index contributed by atoms with van der Waals surface area (Å²) < 4.78 is 38.6. The van der Waals surface area contributed by atoms with Crippen molar-refractivity contribution in [3.05, 3.63) is 24.4 Å². The van der Waals surface area contributed by atoms with Crippen molar-refractivity contribution in [3.8, 4) is 0 Å². The van der Waals surface area contributed by atoms with Gasteiger partial charge in [-0.1, -0.05) is 6.07 Å². The van der Waals surface area contributed by atoms with Crippen molar-refractivity contribution in [1.82, 2.24) is 19.5 Å². The maximum Gasteiger partial charge on any atom is 0.401 e. The molecule has 0 radical (unpaired) electrons. The summed E-state index contributed by atoms with van der Waals surface area (Å²) in [4.78, 5) is 5.75. The van der Waals surface area contributed by atoms with Crippen LogP contribution in [0.3, 0.4) is 0 Å². The first-order chi connectivity index (χ1) is 9.99. The molecular formula is C13H16F3N5. The molecule has 2 aromatic rings. The van der Waals surface area contributed by atoms with Crippen LogP contribution in [0.5, 0.6) is 0 Å². The van der Waals surface area contributed by atoms with Crippen LogP contribution in [0.4, 0.5) is 19.1 Å². The number of hydrogen-bond donors (Lipinski definition) is 1. The normalized spacial score (nSPS) is 20.2. The third-order valence-electron chi connectivity index (χ3n) is 3.56. The molecule has 0 bridgehead atoms. The summed E-state index contributed by atoms with van der Waals surface area (Å²) in [5.74, 6) is 0.703. The van der Waals surface area contributed by atoms with Crippen LogP contribution in [0.1, 0.15) is 6.42 Å². The highest BCUT2D eigenvalue weighted by atomic mass is 19.4. The van der Waals surface area contributed by atoms with Crippen LogP contribution < -0.4 is 5.32 Å². The molecule has 0 aliphatic carbocycles. The Hall–Kier alpha value is -1.83. The first-order valence-corrected chi connectivity index (χ1v) is 6.84. The lowest BCUT2D eigenvalue weighted by atomic mass is 10.1. The van der Waals surface area contributed by atoms with E-state index in [0.29, 0.717) is 25.6 Å². The average molecular weight is 299 g/mol. The van der Waals surface area contributed by atoms with Crippen molar-refractivity contribution in [2.24, 2.45) is 5.92 Å². The Morgan fingerprint density at radius 1 is 1.33 bits per heavy atom. The molecule has 1 unspecified atom stereocenters. The lowest BCUT2D eigenvalue weighted by Crippen LogP contribution is -2.33. The van der Waals surface area contributed by atoms with Gasteiger partial charge in [-0.25, -0.2) is 4.52 Å². The second kappa shape index (κ2) is 5.51. The van der Waals surface area contributed by atoms with Crippen molar-refractivity contribution >= 4 is 11.6 Å². The molecule has 0 saturated carbocycles. The standard InChI is InChI=1S/C13H16F3N5/c14-13(15,16)9-20-6-4-10(8-20)7-17-12-18-11-3-1-2-5-21(11)19-12/h1-3,5,10H,4,6-9H2,(H,17,19). The molecule has 0 spiro atoms. The largest absolute Gasteiger partial charge is 0.401 e. The van der Waals surface area contributed by atoms with Crippen LogP contribution in [-0.4, -0.2) is 51.9 Å². The van der Waals surface area contributed by atoms with Crippen LogP contribution in [-0.2, 0) is 0 Å². The number of nitrogens with one attached hydrogen (secondary N) is 1. The zero-order valence-corrected chi connectivity index (χ0v) is 11.3. The molecule has 1 atom stereocenters. The molecule has 114 valence electrons. The van der Waals surface area contributed by atoms with E-state index in [4.69, 9.17) is 0 Å². The summed E-state index contributed by atoms with van der Waals surface area (Å²) in [6, 6.07) is 5.58. The number of alkyl halides is 3. The summed E-state index contributed by atoms with van der Waals surface area (Å²) in [6.45, 7) is 0.714. The number of rotatable bonds is 4. The maximum absolute atomic E-state index is 12.3. The Labute approximate surface area is 119 Å². The Balaban J connectivity index is 1.52. The molecule has 1 N–H and O–H groups in total. The van der Waals surface area contributed by atoms with Gasteiger partial charge in [-0.2, -0.15) is 18.2 Å². The highest BCUT2D eigenvalue weighted by Gasteiger charge is 2.34. The van der Waals surface area contributed by atoms with Crippen LogP contribution in [0.25, 0.3) is 5.65 Å². The number of aromatic nitrogens is 3. The van der Waals surface area contributed by atoms with Crippen LogP contribution >= 0.6 is 0 Å². The Morgan fingerprint density at radius 2 is 2.19 bits per heavy atom. The number of fused-ring (bicyclic) bond motifs is 1. The first-order valence-electron chi connectivity index (χ1n) is 6.84. The lowest BCUT2D eigenvalue weighted by molar-refractivity contribution is -0.143. The van der Waals surface area contributed by atoms with Crippen molar-refractivity contribution in [2.75, 3.05) is 31.5 Å². The quantitative estimate of drug-likeness (QED) is 0.938. The van der Waals surface area contributed by atoms with Gasteiger partial charge in [0.05, 0.1) is 6.54 Å². The minimum Gasteiger partial charge on any atom is -0.353 e. The molecule has 2 aromatic heterocycles. The zero-order chi connectivity index (χ0) is 14.9. The predicted octanol–water partition coefficient (Wildman–Crippen LogP) is 2.03. The van der Waals surface area contributed by atoms with Crippen LogP contribution in [0.15, 0.2) is 24.4 Å². The maximum atomic E-state index is 12.3. The number of likely N-dealkylation sites (tertiary alicyclic amines) is 1. The molecule has 3 rings (SSSR count). The van der Waals surface area contributed by atoms with E-state index in [0.717, 1.165) is 12.1 Å². The van der Waals surface area contributed by atoms with Gasteiger partial charge in [-0.15, -0.1) is 5.10 Å². The Morgan fingerprint density at radius 3 is 2.95 bits per heavy atom. The molecule has 0 aromatic carbocycles. The summed E-state index contributed by atoms with van der Waals surface area (Å²) in [7, 11) is 0. The summed E-state index contributed by atoms with van der Waals surface area (Å²) in [5.41, 5.74) is 0.741. The monoisotopic (exact) mass is 299 g/mol. The molecule has 3 heterocycles. The minimum atomic E-state index is -4.12. The van der Waals surface area contributed by atoms with E-state index in [1.807, 2.05) is 18.2 Å². The molecule has 1 fully saturated rings. The molecule has 5 nitrogen and oxygen atoms in total. The minimum absolute atomic E-state index is 0.193. The van der Waals surface area contributed by atoms with Gasteiger partial charge >= 0.3 is 6.18 Å². The van der Waals surface area contributed by atoms with Crippen LogP contribution in [0, 0.1) is 5.92 Å². The third kappa shape index (κ3) is 3.63. The van der Waals surface area contributed by atoms with E-state index < -0.39 is 12.7 Å². The average Bonchev–Trinajstić information content (AvgIpc) is 3.00. The topological polar surface area (TPSA) is 45.5 Å². The fourth-order valence-electron chi connectivity index (χ4n) is 2.62. The van der Waals surface area contributed by atoms with Gasteiger partial charge in [0.1, 0.15) is 0 Å². The molecule has 1 saturated heterocycles. The molecule has 1 aliphatic heterocycles. The van der Waals surface area contributed by atoms with Gasteiger partial charge in [0.15, 0.2) is 5.65 Å². The van der Waals surface area contributed by atoms with E-state index in [-0.39, 0.29) is 5.92 Å². The second-order valence-corrected chi connectivity index (χ2v) is 5.32. The van der Waals surface area contributed by atoms with Crippen molar-refractivity contribution in [2.45, 2.75) is 12.6 Å². The van der Waals surface area contributed by atoms with Gasteiger partial charge in [0.2, 0.25) is 5.95 Å². The fraction of sp³-hybridized carbons (Fsp3) is 0.538. The SMILES string of the molecule is FC(F)(F)CN1CCC(CNc2nc3ccccn3n2)C1. The number of anilines is 1. The molecule has 21 heavy (non-hydrogen) atoms. The third-order valence-corrected chi connectivity index (χ3v) is 3.56. The van der Waals surface area contributed by atoms with E-state index in [9.17, 15) is 13.2 Å². The van der Waals surface area contributed by atoms with Crippen molar-refractivity contribution < 1.29 is 13.2 Å². The summed E-state index contributed by atoms with van der Waals surface area (Å²) >= 11 is 0. The predicted molar refractivity (Wildman–Crippen MR) is 72.1 cm³/mol. The molecular weight excluding hydrogens is 283 g/mol. The lowest BCUT2D eigenvalue weighted by Gasteiger charge is -2.17. The van der Waals surface area contributed by atoms with E-state index in [2.05, 4.69) is 15.4 Å². The second-order valence-electron chi connectivity index (χ2n) is 5.32. The number of nitrogens with zero attached hydrogens (tertiary/aromatic N) is 4. The highest BCUT2D eigenvalue weighted by molar-refractivity contribution is 5.42. The molecule has 1 aliphatic rings. The number of hydrogen-bond acceptors (Lipinski definition) is 4. The number of halogens is 3. The van der Waals surface area contributed by atoms with Crippen LogP contribution in [0.2, 0.25) is 0 Å². The first kappa shape index (κ1) is 14.1. The van der Waals surface area contributed by atoms with Gasteiger partial charge in [0.25, 0.3) is 0 Å². The number of pyridine rings is 1. The van der Waals surface area contributed by atoms with E-state index >= 15 is 0 Å². The van der Waals surface area contributed by atoms with Gasteiger partial charge in [-0.05, 0) is 31.0 Å². The van der Waals surface area contributed by atoms with Gasteiger partial charge < -0.3 is 5.32 Å². The van der Waals surface area contributed by atoms with Crippen molar-refractivity contribution in [3.63, 3.8) is 0 Å². The smallest absolute Gasteiger partial charge is 0.353 e. The van der Waals surface area contributed by atoms with Crippen molar-refractivity contribution in [1.29, 1.82) is 0 Å². The summed E-state index contributed by atoms with van der Waals surface area (Å²) in [5, 5.41) is 7.36.